The normalized spacial score (nSPS) is 15.5. The predicted octanol–water partition coefficient (Wildman–Crippen LogP) is 3.09. The maximum Gasteiger partial charge on any atom is 0.224 e. The molecule has 1 aliphatic rings. The number of nitrogens with one attached hydrogen (secondary N) is 1. The first-order valence-corrected chi connectivity index (χ1v) is 8.29. The van der Waals surface area contributed by atoms with Crippen LogP contribution in [-0.2, 0) is 16.0 Å². The van der Waals surface area contributed by atoms with Crippen molar-refractivity contribution in [1.82, 2.24) is 5.32 Å². The highest BCUT2D eigenvalue weighted by Gasteiger charge is 2.13. The lowest BCUT2D eigenvalue weighted by Crippen LogP contribution is -2.27. The molecule has 0 aliphatic heterocycles. The van der Waals surface area contributed by atoms with Crippen LogP contribution < -0.4 is 10.1 Å². The Hall–Kier alpha value is -1.55. The van der Waals surface area contributed by atoms with Crippen LogP contribution in [0.5, 0.6) is 5.75 Å². The molecule has 1 fully saturated rings. The molecule has 1 N–H and O–H groups in total. The van der Waals surface area contributed by atoms with Crippen molar-refractivity contribution in [3.8, 4) is 5.75 Å². The van der Waals surface area contributed by atoms with Crippen molar-refractivity contribution >= 4 is 5.91 Å². The van der Waals surface area contributed by atoms with Crippen molar-refractivity contribution in [1.29, 1.82) is 0 Å². The Kier molecular flexibility index (Phi) is 7.23. The molecule has 4 heteroatoms. The van der Waals surface area contributed by atoms with Gasteiger partial charge in [-0.15, -0.1) is 0 Å². The second kappa shape index (κ2) is 9.46. The fraction of sp³-hybridized carbons (Fsp3) is 0.611. The lowest BCUT2D eigenvalue weighted by molar-refractivity contribution is -0.120. The maximum absolute atomic E-state index is 11.9. The molecule has 22 heavy (non-hydrogen) atoms. The predicted molar refractivity (Wildman–Crippen MR) is 87.1 cm³/mol. The second-order valence-corrected chi connectivity index (χ2v) is 5.86. The van der Waals surface area contributed by atoms with Crippen molar-refractivity contribution in [2.45, 2.75) is 51.0 Å². The second-order valence-electron chi connectivity index (χ2n) is 5.86. The Bertz CT molecular complexity index is 455. The molecule has 0 saturated heterocycles. The van der Waals surface area contributed by atoms with Crippen molar-refractivity contribution < 1.29 is 14.3 Å². The summed E-state index contributed by atoms with van der Waals surface area (Å²) in [6.45, 7) is 1.42. The van der Waals surface area contributed by atoms with Gasteiger partial charge in [-0.25, -0.2) is 0 Å². The Labute approximate surface area is 133 Å². The quantitative estimate of drug-likeness (QED) is 0.751. The van der Waals surface area contributed by atoms with Crippen LogP contribution in [-0.4, -0.2) is 32.3 Å². The lowest BCUT2D eigenvalue weighted by Gasteiger charge is -2.21. The number of hydrogen-bond acceptors (Lipinski definition) is 3. The molecule has 0 spiro atoms. The van der Waals surface area contributed by atoms with Crippen molar-refractivity contribution in [2.24, 2.45) is 0 Å². The van der Waals surface area contributed by atoms with E-state index in [2.05, 4.69) is 5.32 Å². The molecule has 122 valence electrons. The highest BCUT2D eigenvalue weighted by molar-refractivity contribution is 5.78. The standard InChI is InChI=1S/C18H27NO3/c1-21-17-10-5-7-15(13-17)14-18(20)19-11-6-12-22-16-8-3-2-4-9-16/h5,7,10,13,16H,2-4,6,8-9,11-12,14H2,1H3,(H,19,20). The number of amides is 1. The average molecular weight is 305 g/mol. The molecule has 0 aromatic heterocycles. The van der Waals surface area contributed by atoms with E-state index in [0.717, 1.165) is 24.3 Å². The number of methoxy groups -OCH3 is 1. The minimum absolute atomic E-state index is 0.0471. The third-order valence-electron chi connectivity index (χ3n) is 4.05. The van der Waals surface area contributed by atoms with Gasteiger partial charge in [-0.2, -0.15) is 0 Å². The largest absolute Gasteiger partial charge is 0.497 e. The van der Waals surface area contributed by atoms with E-state index < -0.39 is 0 Å². The molecule has 1 saturated carbocycles. The summed E-state index contributed by atoms with van der Waals surface area (Å²) in [5, 5.41) is 2.95. The molecule has 4 nitrogen and oxygen atoms in total. The summed E-state index contributed by atoms with van der Waals surface area (Å²) in [6, 6.07) is 7.61. The SMILES string of the molecule is COc1cccc(CC(=O)NCCCOC2CCCCC2)c1. The van der Waals surface area contributed by atoms with E-state index in [1.165, 1.54) is 32.1 Å². The first-order chi connectivity index (χ1) is 10.8. The number of hydrogen-bond donors (Lipinski definition) is 1. The van der Waals surface area contributed by atoms with E-state index in [4.69, 9.17) is 9.47 Å². The highest BCUT2D eigenvalue weighted by atomic mass is 16.5. The third kappa shape index (κ3) is 6.06. The molecule has 0 radical (unpaired) electrons. The van der Waals surface area contributed by atoms with Gasteiger partial charge in [0, 0.05) is 13.2 Å². The van der Waals surface area contributed by atoms with Gasteiger partial charge in [-0.05, 0) is 37.0 Å². The molecule has 0 heterocycles. The monoisotopic (exact) mass is 305 g/mol. The van der Waals surface area contributed by atoms with Gasteiger partial charge in [0.05, 0.1) is 19.6 Å². The van der Waals surface area contributed by atoms with Gasteiger partial charge in [0.1, 0.15) is 5.75 Å². The smallest absolute Gasteiger partial charge is 0.224 e. The average Bonchev–Trinajstić information content (AvgIpc) is 2.55. The maximum atomic E-state index is 11.9. The minimum atomic E-state index is 0.0471. The summed E-state index contributed by atoms with van der Waals surface area (Å²) < 4.78 is 11.0. The number of benzene rings is 1. The summed E-state index contributed by atoms with van der Waals surface area (Å²) in [5.41, 5.74) is 0.968. The summed E-state index contributed by atoms with van der Waals surface area (Å²) in [4.78, 5) is 11.9. The highest BCUT2D eigenvalue weighted by Crippen LogP contribution is 2.20. The Morgan fingerprint density at radius 2 is 2.09 bits per heavy atom. The van der Waals surface area contributed by atoms with Gasteiger partial charge in [0.25, 0.3) is 0 Å². The zero-order valence-corrected chi connectivity index (χ0v) is 13.5. The van der Waals surface area contributed by atoms with Crippen molar-refractivity contribution in [2.75, 3.05) is 20.3 Å². The Morgan fingerprint density at radius 1 is 1.27 bits per heavy atom. The van der Waals surface area contributed by atoms with Crippen LogP contribution in [0, 0.1) is 0 Å². The van der Waals surface area contributed by atoms with E-state index in [9.17, 15) is 4.79 Å². The van der Waals surface area contributed by atoms with Gasteiger partial charge < -0.3 is 14.8 Å². The molecule has 1 aromatic carbocycles. The van der Waals surface area contributed by atoms with Crippen LogP contribution in [0.25, 0.3) is 0 Å². The first kappa shape index (κ1) is 16.8. The number of carbonyl (C=O) groups excluding carboxylic acids is 1. The van der Waals surface area contributed by atoms with Crippen molar-refractivity contribution in [3.63, 3.8) is 0 Å². The number of ether oxygens (including phenoxy) is 2. The molecule has 1 aliphatic carbocycles. The first-order valence-electron chi connectivity index (χ1n) is 8.29. The molecule has 0 atom stereocenters. The van der Waals surface area contributed by atoms with Crippen LogP contribution in [0.15, 0.2) is 24.3 Å². The zero-order valence-electron chi connectivity index (χ0n) is 13.5. The van der Waals surface area contributed by atoms with E-state index in [0.29, 0.717) is 19.1 Å². The minimum Gasteiger partial charge on any atom is -0.497 e. The molecular weight excluding hydrogens is 278 g/mol. The van der Waals surface area contributed by atoms with Crippen molar-refractivity contribution in [3.05, 3.63) is 29.8 Å². The number of rotatable bonds is 8. The molecule has 0 unspecified atom stereocenters. The molecule has 1 aromatic rings. The molecule has 0 bridgehead atoms. The summed E-state index contributed by atoms with van der Waals surface area (Å²) in [6.07, 6.45) is 8.04. The van der Waals surface area contributed by atoms with Gasteiger partial charge in [0.2, 0.25) is 5.91 Å². The fourth-order valence-electron chi connectivity index (χ4n) is 2.81. The third-order valence-corrected chi connectivity index (χ3v) is 4.05. The van der Waals surface area contributed by atoms with Crippen LogP contribution in [0.3, 0.4) is 0 Å². The summed E-state index contributed by atoms with van der Waals surface area (Å²) in [7, 11) is 1.63. The molecular formula is C18H27NO3. The van der Waals surface area contributed by atoms with Gasteiger partial charge in [-0.1, -0.05) is 31.4 Å². The van der Waals surface area contributed by atoms with E-state index in [1.807, 2.05) is 24.3 Å². The van der Waals surface area contributed by atoms with Crippen LogP contribution in [0.4, 0.5) is 0 Å². The van der Waals surface area contributed by atoms with Crippen LogP contribution in [0.1, 0.15) is 44.1 Å². The van der Waals surface area contributed by atoms with Crippen LogP contribution in [0.2, 0.25) is 0 Å². The van der Waals surface area contributed by atoms with E-state index in [1.54, 1.807) is 7.11 Å². The number of carbonyl (C=O) groups is 1. The van der Waals surface area contributed by atoms with Crippen LogP contribution >= 0.6 is 0 Å². The van der Waals surface area contributed by atoms with Gasteiger partial charge in [-0.3, -0.25) is 4.79 Å². The molecule has 2 rings (SSSR count). The van der Waals surface area contributed by atoms with Gasteiger partial charge in [0.15, 0.2) is 0 Å². The van der Waals surface area contributed by atoms with Gasteiger partial charge >= 0.3 is 0 Å². The summed E-state index contributed by atoms with van der Waals surface area (Å²) in [5.74, 6) is 0.831. The van der Waals surface area contributed by atoms with E-state index >= 15 is 0 Å². The Morgan fingerprint density at radius 3 is 2.86 bits per heavy atom. The van der Waals surface area contributed by atoms with E-state index in [-0.39, 0.29) is 5.91 Å². The fourth-order valence-corrected chi connectivity index (χ4v) is 2.81. The lowest BCUT2D eigenvalue weighted by atomic mass is 9.98. The topological polar surface area (TPSA) is 47.6 Å². The Balaban J connectivity index is 1.57. The zero-order chi connectivity index (χ0) is 15.6. The molecule has 1 amide bonds. The summed E-state index contributed by atoms with van der Waals surface area (Å²) >= 11 is 0.